The Kier molecular flexibility index (Phi) is 8.55. The van der Waals surface area contributed by atoms with Gasteiger partial charge in [-0.25, -0.2) is 4.98 Å². The Bertz CT molecular complexity index is 1630. The number of nitrogens with two attached hydrogens (primary N) is 1. The molecule has 3 N–H and O–H groups in total. The van der Waals surface area contributed by atoms with E-state index >= 15 is 0 Å². The predicted octanol–water partition coefficient (Wildman–Crippen LogP) is 4.86. The topological polar surface area (TPSA) is 139 Å². The van der Waals surface area contributed by atoms with Gasteiger partial charge in [-0.3, -0.25) is 19.6 Å². The summed E-state index contributed by atoms with van der Waals surface area (Å²) < 4.78 is 2.00. The highest BCUT2D eigenvalue weighted by Crippen LogP contribution is 2.39. The molecular weight excluding hydrogens is 522 g/mol. The quantitative estimate of drug-likeness (QED) is 0.158. The lowest BCUT2D eigenvalue weighted by molar-refractivity contribution is 0.0928. The third kappa shape index (κ3) is 5.56. The number of rotatable bonds is 8. The number of pyridine rings is 2. The van der Waals surface area contributed by atoms with Crippen molar-refractivity contribution >= 4 is 41.7 Å². The zero-order chi connectivity index (χ0) is 29.1. The second kappa shape index (κ2) is 11.9. The Morgan fingerprint density at radius 2 is 2.10 bits per heavy atom. The summed E-state index contributed by atoms with van der Waals surface area (Å²) >= 11 is 4.76. The number of aryl methyl sites for hydroxylation is 1. The number of aliphatic imine (C=N–C) groups is 1. The van der Waals surface area contributed by atoms with Crippen LogP contribution in [0.1, 0.15) is 70.7 Å². The number of fused-ring (bicyclic) bond motifs is 2. The van der Waals surface area contributed by atoms with Crippen molar-refractivity contribution in [1.29, 1.82) is 5.26 Å². The summed E-state index contributed by atoms with van der Waals surface area (Å²) in [5.74, 6) is -0.752. The first-order chi connectivity index (χ1) is 19.1. The maximum atomic E-state index is 13.3. The Morgan fingerprint density at radius 3 is 2.75 bits per heavy atom. The van der Waals surface area contributed by atoms with Gasteiger partial charge in [-0.1, -0.05) is 19.9 Å². The fourth-order valence-corrected chi connectivity index (χ4v) is 5.24. The van der Waals surface area contributed by atoms with Gasteiger partial charge in [-0.2, -0.15) is 17.9 Å². The number of aromatic nitrogens is 3. The normalized spacial score (nSPS) is 17.6. The van der Waals surface area contributed by atoms with Gasteiger partial charge in [0.1, 0.15) is 11.7 Å². The number of allylic oxidation sites excluding steroid dienone is 3. The van der Waals surface area contributed by atoms with Gasteiger partial charge in [0.25, 0.3) is 11.8 Å². The molecule has 9 nitrogen and oxygen atoms in total. The molecule has 0 aromatic carbocycles. The molecule has 2 amide bonds. The van der Waals surface area contributed by atoms with Crippen molar-refractivity contribution < 1.29 is 9.59 Å². The predicted molar refractivity (Wildman–Crippen MR) is 160 cm³/mol. The van der Waals surface area contributed by atoms with E-state index in [0.29, 0.717) is 46.6 Å². The maximum absolute atomic E-state index is 13.3. The van der Waals surface area contributed by atoms with Gasteiger partial charge in [0, 0.05) is 46.9 Å². The molecule has 4 heterocycles. The largest absolute Gasteiger partial charge is 0.366 e. The smallest absolute Gasteiger partial charge is 0.254 e. The van der Waals surface area contributed by atoms with E-state index < -0.39 is 5.91 Å². The third-order valence-electron chi connectivity index (χ3n) is 6.78. The SMILES string of the molecule is C/C=C\C(C#N)=C/N=CCn1c(C)cc2cc(-c3c(C(N)=O)c(CC(C)C)nc4c3C(=O)NC(C)C4S)cnc21. The van der Waals surface area contributed by atoms with Crippen LogP contribution in [0.5, 0.6) is 0 Å². The van der Waals surface area contributed by atoms with Crippen LogP contribution in [0.3, 0.4) is 0 Å². The van der Waals surface area contributed by atoms with Gasteiger partial charge in [0.05, 0.1) is 39.9 Å². The molecular formula is C30H33N7O2S. The molecule has 1 aliphatic heterocycles. The number of carbonyl (C=O) groups excluding carboxylic acids is 2. The average molecular weight is 556 g/mol. The molecule has 0 saturated carbocycles. The molecule has 3 aromatic heterocycles. The number of thiol groups is 1. The van der Waals surface area contributed by atoms with Crippen molar-refractivity contribution in [3.05, 3.63) is 70.5 Å². The Hall–Kier alpha value is -4.23. The van der Waals surface area contributed by atoms with Crippen LogP contribution in [-0.4, -0.2) is 38.6 Å². The molecule has 3 aromatic rings. The summed E-state index contributed by atoms with van der Waals surface area (Å²) in [6.45, 7) is 10.2. The number of carbonyl (C=O) groups is 2. The molecule has 0 spiro atoms. The summed E-state index contributed by atoms with van der Waals surface area (Å²) in [6.07, 6.45) is 8.89. The highest BCUT2D eigenvalue weighted by atomic mass is 32.1. The number of amides is 2. The van der Waals surface area contributed by atoms with Crippen LogP contribution >= 0.6 is 12.6 Å². The van der Waals surface area contributed by atoms with Gasteiger partial charge in [0.2, 0.25) is 0 Å². The summed E-state index contributed by atoms with van der Waals surface area (Å²) in [4.78, 5) is 40.0. The maximum Gasteiger partial charge on any atom is 0.254 e. The van der Waals surface area contributed by atoms with E-state index in [9.17, 15) is 9.59 Å². The minimum atomic E-state index is -0.643. The number of nitrogens with zero attached hydrogens (tertiary/aromatic N) is 5. The van der Waals surface area contributed by atoms with E-state index in [2.05, 4.69) is 16.4 Å². The lowest BCUT2D eigenvalue weighted by Gasteiger charge is -2.31. The Balaban J connectivity index is 1.87. The van der Waals surface area contributed by atoms with E-state index in [0.717, 1.165) is 16.7 Å². The van der Waals surface area contributed by atoms with E-state index in [-0.39, 0.29) is 28.7 Å². The monoisotopic (exact) mass is 555 g/mol. The first-order valence-corrected chi connectivity index (χ1v) is 13.6. The molecule has 0 bridgehead atoms. The highest BCUT2D eigenvalue weighted by Gasteiger charge is 2.36. The van der Waals surface area contributed by atoms with Gasteiger partial charge < -0.3 is 15.6 Å². The average Bonchev–Trinajstić information content (AvgIpc) is 3.21. The van der Waals surface area contributed by atoms with E-state index in [4.69, 9.17) is 33.6 Å². The van der Waals surface area contributed by atoms with Crippen LogP contribution in [0.4, 0.5) is 0 Å². The van der Waals surface area contributed by atoms with Crippen molar-refractivity contribution in [3.8, 4) is 17.2 Å². The zero-order valence-corrected chi connectivity index (χ0v) is 24.2. The second-order valence-electron chi connectivity index (χ2n) is 10.3. The van der Waals surface area contributed by atoms with Crippen molar-refractivity contribution in [1.82, 2.24) is 19.9 Å². The van der Waals surface area contributed by atoms with Crippen molar-refractivity contribution in [2.24, 2.45) is 16.6 Å². The molecule has 0 aliphatic carbocycles. The van der Waals surface area contributed by atoms with Crippen LogP contribution < -0.4 is 11.1 Å². The van der Waals surface area contributed by atoms with Crippen LogP contribution in [0.2, 0.25) is 0 Å². The van der Waals surface area contributed by atoms with Gasteiger partial charge in [-0.05, 0) is 51.3 Å². The Labute approximate surface area is 239 Å². The van der Waals surface area contributed by atoms with E-state index in [1.54, 1.807) is 24.6 Å². The molecule has 206 valence electrons. The molecule has 2 unspecified atom stereocenters. The minimum Gasteiger partial charge on any atom is -0.366 e. The summed E-state index contributed by atoms with van der Waals surface area (Å²) in [7, 11) is 0. The molecule has 40 heavy (non-hydrogen) atoms. The van der Waals surface area contributed by atoms with Crippen molar-refractivity contribution in [2.45, 2.75) is 58.9 Å². The minimum absolute atomic E-state index is 0.209. The fraction of sp³-hybridized carbons (Fsp3) is 0.333. The summed E-state index contributed by atoms with van der Waals surface area (Å²) in [5.41, 5.74) is 10.8. The first kappa shape index (κ1) is 28.8. The highest BCUT2D eigenvalue weighted by molar-refractivity contribution is 7.80. The Morgan fingerprint density at radius 1 is 1.35 bits per heavy atom. The lowest BCUT2D eigenvalue weighted by Crippen LogP contribution is -2.42. The third-order valence-corrected chi connectivity index (χ3v) is 7.47. The van der Waals surface area contributed by atoms with E-state index in [1.165, 1.54) is 6.20 Å². The molecule has 4 rings (SSSR count). The van der Waals surface area contributed by atoms with Crippen LogP contribution in [0, 0.1) is 24.2 Å². The molecule has 10 heteroatoms. The standard InChI is InChI=1S/C30H33N7O2S/c1-6-7-19(13-31)14-33-8-9-37-17(4)11-20-12-21(15-34-29(20)37)23-24(28(32)38)22(10-16(2)3)36-26-25(23)30(39)35-18(5)27(26)40/h6-8,11-12,14-16,18,27,40H,9-10H2,1-5H3,(H2,32,38)(H,35,39)/b7-6-,19-14+,33-8?. The van der Waals surface area contributed by atoms with Crippen molar-refractivity contribution in [2.75, 3.05) is 0 Å². The molecule has 0 saturated heterocycles. The number of primary amides is 1. The zero-order valence-electron chi connectivity index (χ0n) is 23.3. The van der Waals surface area contributed by atoms with Crippen LogP contribution in [0.25, 0.3) is 22.2 Å². The summed E-state index contributed by atoms with van der Waals surface area (Å²) in [6, 6.07) is 5.77. The van der Waals surface area contributed by atoms with Gasteiger partial charge in [-0.15, -0.1) is 0 Å². The van der Waals surface area contributed by atoms with Gasteiger partial charge >= 0.3 is 0 Å². The second-order valence-corrected chi connectivity index (χ2v) is 10.9. The fourth-order valence-electron chi connectivity index (χ4n) is 4.98. The van der Waals surface area contributed by atoms with Crippen LogP contribution in [-0.2, 0) is 13.0 Å². The molecule has 0 fully saturated rings. The van der Waals surface area contributed by atoms with Crippen molar-refractivity contribution in [3.63, 3.8) is 0 Å². The summed E-state index contributed by atoms with van der Waals surface area (Å²) in [5, 5.41) is 12.6. The molecule has 2 atom stereocenters. The number of hydrogen-bond acceptors (Lipinski definition) is 7. The number of nitrogens with one attached hydrogen (secondary N) is 1. The molecule has 0 radical (unpaired) electrons. The van der Waals surface area contributed by atoms with E-state index in [1.807, 2.05) is 51.3 Å². The first-order valence-electron chi connectivity index (χ1n) is 13.1. The number of nitriles is 1. The van der Waals surface area contributed by atoms with Crippen LogP contribution in [0.15, 0.2) is 47.2 Å². The lowest BCUT2D eigenvalue weighted by atomic mass is 9.86. The molecule has 1 aliphatic rings. The number of hydrogen-bond donors (Lipinski definition) is 3. The van der Waals surface area contributed by atoms with Gasteiger partial charge in [0.15, 0.2) is 0 Å².